The normalized spacial score (nSPS) is 15.6. The second-order valence-electron chi connectivity index (χ2n) is 6.60. The first kappa shape index (κ1) is 22.1. The number of nitrogens with zero attached hydrogens (tertiary/aromatic N) is 4. The maximum Gasteiger partial charge on any atom is 0.340 e. The third kappa shape index (κ3) is 5.12. The van der Waals surface area contributed by atoms with Gasteiger partial charge in [-0.05, 0) is 47.1 Å². The average Bonchev–Trinajstić information content (AvgIpc) is 2.73. The molecule has 12 heteroatoms. The summed E-state index contributed by atoms with van der Waals surface area (Å²) in [5.74, 6) is -0.566. The van der Waals surface area contributed by atoms with Crippen LogP contribution in [-0.2, 0) is 19.6 Å². The third-order valence-corrected chi connectivity index (χ3v) is 6.15. The molecule has 1 aliphatic heterocycles. The van der Waals surface area contributed by atoms with E-state index in [1.807, 2.05) is 4.90 Å². The van der Waals surface area contributed by atoms with Crippen LogP contribution in [0.4, 0.5) is 5.95 Å². The van der Waals surface area contributed by atoms with Crippen molar-refractivity contribution in [1.82, 2.24) is 14.9 Å². The number of rotatable bonds is 5. The summed E-state index contributed by atoms with van der Waals surface area (Å²) in [6.45, 7) is 3.45. The predicted octanol–water partition coefficient (Wildman–Crippen LogP) is 0.781. The van der Waals surface area contributed by atoms with Crippen LogP contribution in [0.2, 0.25) is 0 Å². The summed E-state index contributed by atoms with van der Waals surface area (Å²) in [4.78, 5) is 36.9. The summed E-state index contributed by atoms with van der Waals surface area (Å²) in [6, 6.07) is 5.49. The lowest BCUT2D eigenvalue weighted by Crippen LogP contribution is -2.52. The molecule has 1 atom stereocenters. The first-order valence-corrected chi connectivity index (χ1v) is 11.3. The molecule has 0 radical (unpaired) electrons. The van der Waals surface area contributed by atoms with Gasteiger partial charge in [0.15, 0.2) is 6.10 Å². The van der Waals surface area contributed by atoms with E-state index in [0.717, 1.165) is 6.07 Å². The van der Waals surface area contributed by atoms with Crippen molar-refractivity contribution >= 4 is 43.8 Å². The molecule has 1 fully saturated rings. The van der Waals surface area contributed by atoms with E-state index in [2.05, 4.69) is 25.9 Å². The Bertz CT molecular complexity index is 1040. The number of carbonyl (C=O) groups is 2. The van der Waals surface area contributed by atoms with Crippen LogP contribution in [0.3, 0.4) is 0 Å². The Hall–Kier alpha value is -2.57. The Morgan fingerprint density at radius 2 is 1.80 bits per heavy atom. The molecule has 2 aromatic rings. The standard InChI is InChI=1S/C18H20BrN5O5S/c1-12(29-17(26)14-11-13(30(20,27)28)3-4-15(14)19)16(25)23-7-9-24(10-8-23)18-21-5-2-6-22-18/h2-6,11-12H,7-10H2,1H3,(H2,20,27,28). The Kier molecular flexibility index (Phi) is 6.68. The van der Waals surface area contributed by atoms with E-state index in [1.54, 1.807) is 23.4 Å². The number of anilines is 1. The van der Waals surface area contributed by atoms with Gasteiger partial charge in [-0.25, -0.2) is 28.3 Å². The van der Waals surface area contributed by atoms with Crippen LogP contribution in [0.25, 0.3) is 0 Å². The molecule has 160 valence electrons. The average molecular weight is 498 g/mol. The monoisotopic (exact) mass is 497 g/mol. The van der Waals surface area contributed by atoms with E-state index in [-0.39, 0.29) is 16.4 Å². The Morgan fingerprint density at radius 1 is 1.17 bits per heavy atom. The molecule has 1 aromatic heterocycles. The molecule has 2 N–H and O–H groups in total. The van der Waals surface area contributed by atoms with E-state index in [1.165, 1.54) is 19.1 Å². The first-order valence-electron chi connectivity index (χ1n) is 9.01. The van der Waals surface area contributed by atoms with Crippen LogP contribution in [0.15, 0.2) is 46.0 Å². The van der Waals surface area contributed by atoms with Gasteiger partial charge in [-0.1, -0.05) is 0 Å². The number of nitrogens with two attached hydrogens (primary N) is 1. The minimum atomic E-state index is -3.98. The summed E-state index contributed by atoms with van der Waals surface area (Å²) < 4.78 is 28.7. The zero-order valence-electron chi connectivity index (χ0n) is 16.1. The van der Waals surface area contributed by atoms with Crippen LogP contribution >= 0.6 is 15.9 Å². The second kappa shape index (κ2) is 9.06. The lowest BCUT2D eigenvalue weighted by atomic mass is 10.2. The van der Waals surface area contributed by atoms with E-state index < -0.39 is 22.1 Å². The van der Waals surface area contributed by atoms with Crippen molar-refractivity contribution in [2.45, 2.75) is 17.9 Å². The third-order valence-electron chi connectivity index (χ3n) is 4.54. The number of carbonyl (C=O) groups excluding carboxylic acids is 2. The molecule has 10 nitrogen and oxygen atoms in total. The molecule has 2 heterocycles. The summed E-state index contributed by atoms with van der Waals surface area (Å²) in [5, 5.41) is 5.11. The number of benzene rings is 1. The Morgan fingerprint density at radius 3 is 2.40 bits per heavy atom. The van der Waals surface area contributed by atoms with Gasteiger partial charge in [0.2, 0.25) is 16.0 Å². The van der Waals surface area contributed by atoms with Gasteiger partial charge in [0.1, 0.15) is 0 Å². The van der Waals surface area contributed by atoms with Crippen molar-refractivity contribution in [3.63, 3.8) is 0 Å². The molecular weight excluding hydrogens is 478 g/mol. The van der Waals surface area contributed by atoms with Crippen LogP contribution < -0.4 is 10.0 Å². The van der Waals surface area contributed by atoms with Crippen molar-refractivity contribution in [2.24, 2.45) is 5.14 Å². The fourth-order valence-corrected chi connectivity index (χ4v) is 3.90. The Labute approximate surface area is 182 Å². The van der Waals surface area contributed by atoms with Gasteiger partial charge in [-0.3, -0.25) is 4.79 Å². The van der Waals surface area contributed by atoms with Gasteiger partial charge < -0.3 is 14.5 Å². The lowest BCUT2D eigenvalue weighted by molar-refractivity contribution is -0.140. The summed E-state index contributed by atoms with van der Waals surface area (Å²) in [7, 11) is -3.98. The number of amides is 1. The van der Waals surface area contributed by atoms with Gasteiger partial charge in [0.05, 0.1) is 10.5 Å². The first-order chi connectivity index (χ1) is 14.2. The minimum Gasteiger partial charge on any atom is -0.449 e. The predicted molar refractivity (Wildman–Crippen MR) is 111 cm³/mol. The minimum absolute atomic E-state index is 0.0350. The number of hydrogen-bond acceptors (Lipinski definition) is 8. The van der Waals surface area contributed by atoms with Crippen LogP contribution in [0.1, 0.15) is 17.3 Å². The van der Waals surface area contributed by atoms with Crippen molar-refractivity contribution in [1.29, 1.82) is 0 Å². The largest absolute Gasteiger partial charge is 0.449 e. The Balaban J connectivity index is 1.62. The van der Waals surface area contributed by atoms with Crippen LogP contribution in [0.5, 0.6) is 0 Å². The SMILES string of the molecule is CC(OC(=O)c1cc(S(N)(=O)=O)ccc1Br)C(=O)N1CCN(c2ncccn2)CC1. The number of hydrogen-bond donors (Lipinski definition) is 1. The molecule has 30 heavy (non-hydrogen) atoms. The van der Waals surface area contributed by atoms with Gasteiger partial charge in [-0.15, -0.1) is 0 Å². The molecule has 1 aliphatic rings. The van der Waals surface area contributed by atoms with Crippen LogP contribution in [-0.4, -0.2) is 67.4 Å². The molecule has 0 bridgehead atoms. The van der Waals surface area contributed by atoms with E-state index in [4.69, 9.17) is 9.88 Å². The molecular formula is C18H20BrN5O5S. The van der Waals surface area contributed by atoms with Crippen molar-refractivity contribution in [3.05, 3.63) is 46.7 Å². The fraction of sp³-hybridized carbons (Fsp3) is 0.333. The zero-order valence-corrected chi connectivity index (χ0v) is 18.5. The van der Waals surface area contributed by atoms with Crippen molar-refractivity contribution in [3.8, 4) is 0 Å². The topological polar surface area (TPSA) is 136 Å². The molecule has 0 saturated carbocycles. The second-order valence-corrected chi connectivity index (χ2v) is 9.01. The molecule has 1 amide bonds. The molecule has 1 saturated heterocycles. The number of aromatic nitrogens is 2. The number of halogens is 1. The molecule has 1 aromatic carbocycles. The van der Waals surface area contributed by atoms with Gasteiger partial charge in [-0.2, -0.15) is 0 Å². The lowest BCUT2D eigenvalue weighted by Gasteiger charge is -2.35. The highest BCUT2D eigenvalue weighted by Gasteiger charge is 2.29. The molecule has 0 spiro atoms. The zero-order chi connectivity index (χ0) is 21.9. The smallest absolute Gasteiger partial charge is 0.340 e. The molecule has 3 rings (SSSR count). The number of piperazine rings is 1. The van der Waals surface area contributed by atoms with E-state index in [9.17, 15) is 18.0 Å². The fourth-order valence-electron chi connectivity index (χ4n) is 2.95. The number of ether oxygens (including phenoxy) is 1. The molecule has 1 unspecified atom stereocenters. The van der Waals surface area contributed by atoms with E-state index >= 15 is 0 Å². The number of esters is 1. The van der Waals surface area contributed by atoms with E-state index in [0.29, 0.717) is 36.6 Å². The maximum absolute atomic E-state index is 12.7. The number of primary sulfonamides is 1. The quantitative estimate of drug-likeness (QED) is 0.598. The number of sulfonamides is 1. The van der Waals surface area contributed by atoms with Gasteiger partial charge in [0.25, 0.3) is 5.91 Å². The maximum atomic E-state index is 12.7. The van der Waals surface area contributed by atoms with Crippen molar-refractivity contribution < 1.29 is 22.7 Å². The van der Waals surface area contributed by atoms with Gasteiger partial charge in [0, 0.05) is 43.0 Å². The van der Waals surface area contributed by atoms with Crippen LogP contribution in [0, 0.1) is 0 Å². The molecule has 0 aliphatic carbocycles. The highest BCUT2D eigenvalue weighted by Crippen LogP contribution is 2.22. The van der Waals surface area contributed by atoms with Gasteiger partial charge >= 0.3 is 5.97 Å². The summed E-state index contributed by atoms with van der Waals surface area (Å²) in [5.41, 5.74) is -0.0350. The summed E-state index contributed by atoms with van der Waals surface area (Å²) in [6.07, 6.45) is 2.27. The highest BCUT2D eigenvalue weighted by molar-refractivity contribution is 9.10. The van der Waals surface area contributed by atoms with Crippen molar-refractivity contribution in [2.75, 3.05) is 31.1 Å². The summed E-state index contributed by atoms with van der Waals surface area (Å²) >= 11 is 3.18. The highest BCUT2D eigenvalue weighted by atomic mass is 79.9.